The first-order chi connectivity index (χ1) is 17.4. The molecular formula is C26H22FN7O2. The van der Waals surface area contributed by atoms with Crippen LogP contribution in [-0.4, -0.2) is 31.1 Å². The highest BCUT2D eigenvalue weighted by Gasteiger charge is 2.21. The number of hydrogen-bond acceptors (Lipinski definition) is 6. The molecule has 0 aliphatic heterocycles. The van der Waals surface area contributed by atoms with Crippen LogP contribution < -0.4 is 15.8 Å². The molecule has 0 saturated heterocycles. The van der Waals surface area contributed by atoms with Crippen LogP contribution in [0.15, 0.2) is 60.8 Å². The topological polar surface area (TPSA) is 124 Å². The molecule has 5 aromatic rings. The fourth-order valence-electron chi connectivity index (χ4n) is 4.01. The maximum Gasteiger partial charge on any atom is 0.411 e. The van der Waals surface area contributed by atoms with Gasteiger partial charge in [0, 0.05) is 35.6 Å². The fraction of sp³-hybridized carbons (Fsp3) is 0.0769. The maximum atomic E-state index is 14.8. The number of ether oxygens (including phenoxy) is 1. The highest BCUT2D eigenvalue weighted by Crippen LogP contribution is 2.36. The van der Waals surface area contributed by atoms with Gasteiger partial charge in [-0.05, 0) is 67.6 Å². The minimum atomic E-state index is -1.00. The number of rotatable bonds is 6. The van der Waals surface area contributed by atoms with E-state index in [0.717, 1.165) is 28.0 Å². The molecule has 0 aliphatic carbocycles. The van der Waals surface area contributed by atoms with Crippen LogP contribution in [-0.2, 0) is 7.05 Å². The van der Waals surface area contributed by atoms with E-state index in [1.807, 2.05) is 48.6 Å². The molecule has 0 aliphatic rings. The van der Waals surface area contributed by atoms with Crippen LogP contribution in [0, 0.1) is 12.7 Å². The second kappa shape index (κ2) is 9.34. The summed E-state index contributed by atoms with van der Waals surface area (Å²) in [5, 5.41) is 15.9. The molecule has 0 atom stereocenters. The number of H-pyrrole nitrogens is 1. The maximum absolute atomic E-state index is 14.8. The molecule has 3 heterocycles. The van der Waals surface area contributed by atoms with Crippen LogP contribution in [0.4, 0.5) is 20.6 Å². The van der Waals surface area contributed by atoms with Crippen molar-refractivity contribution < 1.29 is 13.9 Å². The van der Waals surface area contributed by atoms with Crippen molar-refractivity contribution in [2.75, 3.05) is 5.32 Å². The number of fused-ring (bicyclic) bond motifs is 1. The van der Waals surface area contributed by atoms with Gasteiger partial charge in [0.15, 0.2) is 0 Å². The van der Waals surface area contributed by atoms with Gasteiger partial charge in [-0.25, -0.2) is 13.9 Å². The Hall–Kier alpha value is -4.99. The summed E-state index contributed by atoms with van der Waals surface area (Å²) in [5.41, 5.74) is 10.1. The molecule has 36 heavy (non-hydrogen) atoms. The van der Waals surface area contributed by atoms with Crippen molar-refractivity contribution in [3.05, 3.63) is 83.7 Å². The van der Waals surface area contributed by atoms with Crippen LogP contribution in [0.25, 0.3) is 34.2 Å². The van der Waals surface area contributed by atoms with E-state index in [-0.39, 0.29) is 11.4 Å². The van der Waals surface area contributed by atoms with Gasteiger partial charge in [-0.2, -0.15) is 10.2 Å². The average Bonchev–Trinajstić information content (AvgIpc) is 3.38. The van der Waals surface area contributed by atoms with E-state index in [2.05, 4.69) is 25.6 Å². The van der Waals surface area contributed by atoms with Crippen LogP contribution in [0.2, 0.25) is 0 Å². The number of pyridine rings is 1. The number of aromatic amines is 1. The number of anilines is 2. The molecule has 0 saturated carbocycles. The number of nitrogens with one attached hydrogen (secondary N) is 2. The molecule has 10 heteroatoms. The van der Waals surface area contributed by atoms with Crippen molar-refractivity contribution in [3.8, 4) is 17.0 Å². The third-order valence-electron chi connectivity index (χ3n) is 5.58. The lowest BCUT2D eigenvalue weighted by Crippen LogP contribution is -2.18. The van der Waals surface area contributed by atoms with Gasteiger partial charge in [0.2, 0.25) is 5.88 Å². The Bertz CT molecular complexity index is 1610. The van der Waals surface area contributed by atoms with Crippen LogP contribution in [0.5, 0.6) is 5.88 Å². The van der Waals surface area contributed by atoms with Gasteiger partial charge >= 0.3 is 6.09 Å². The molecule has 0 spiro atoms. The third-order valence-corrected chi connectivity index (χ3v) is 5.58. The molecule has 0 radical (unpaired) electrons. The molecule has 180 valence electrons. The standard InChI is InChI=1S/C26H22FN7O2/c1-15-24(25(34(2)33-15)36-26(28)35)20-13-17(7-10-21(20)27)30-18-6-9-19-22(31-32-23(19)14-18)11-8-16-5-3-4-12-29-16/h3-14,30H,1-2H3,(H2,28,35)(H,31,32)/b11-8+. The molecule has 0 unspecified atom stereocenters. The van der Waals surface area contributed by atoms with Crippen molar-refractivity contribution >= 4 is 40.5 Å². The summed E-state index contributed by atoms with van der Waals surface area (Å²) < 4.78 is 21.3. The summed E-state index contributed by atoms with van der Waals surface area (Å²) in [4.78, 5) is 15.6. The van der Waals surface area contributed by atoms with Crippen LogP contribution >= 0.6 is 0 Å². The van der Waals surface area contributed by atoms with Gasteiger partial charge in [0.25, 0.3) is 0 Å². The van der Waals surface area contributed by atoms with E-state index in [4.69, 9.17) is 10.5 Å². The number of nitrogens with zero attached hydrogens (tertiary/aromatic N) is 4. The van der Waals surface area contributed by atoms with Crippen molar-refractivity contribution in [2.45, 2.75) is 6.92 Å². The molecular weight excluding hydrogens is 461 g/mol. The third kappa shape index (κ3) is 4.51. The second-order valence-electron chi connectivity index (χ2n) is 8.09. The first-order valence-corrected chi connectivity index (χ1v) is 11.0. The van der Waals surface area contributed by atoms with Crippen LogP contribution in [0.3, 0.4) is 0 Å². The van der Waals surface area contributed by atoms with Crippen LogP contribution in [0.1, 0.15) is 17.1 Å². The van der Waals surface area contributed by atoms with Gasteiger partial charge < -0.3 is 15.8 Å². The lowest BCUT2D eigenvalue weighted by Gasteiger charge is -2.11. The van der Waals surface area contributed by atoms with Gasteiger partial charge in [-0.15, -0.1) is 0 Å². The van der Waals surface area contributed by atoms with E-state index in [1.165, 1.54) is 10.7 Å². The highest BCUT2D eigenvalue weighted by molar-refractivity contribution is 5.91. The molecule has 1 amide bonds. The lowest BCUT2D eigenvalue weighted by molar-refractivity contribution is 0.207. The molecule has 5 rings (SSSR count). The summed E-state index contributed by atoms with van der Waals surface area (Å²) in [6.45, 7) is 1.70. The Kier molecular flexibility index (Phi) is 5.91. The lowest BCUT2D eigenvalue weighted by atomic mass is 10.0. The Morgan fingerprint density at radius 2 is 1.94 bits per heavy atom. The average molecular weight is 484 g/mol. The predicted molar refractivity (Wildman–Crippen MR) is 136 cm³/mol. The number of primary amides is 1. The summed E-state index contributed by atoms with van der Waals surface area (Å²) in [7, 11) is 1.59. The van der Waals surface area contributed by atoms with E-state index >= 15 is 0 Å². The first kappa shape index (κ1) is 22.8. The highest BCUT2D eigenvalue weighted by atomic mass is 19.1. The Morgan fingerprint density at radius 3 is 2.72 bits per heavy atom. The zero-order valence-electron chi connectivity index (χ0n) is 19.5. The molecule has 4 N–H and O–H groups in total. The van der Waals surface area contributed by atoms with Crippen molar-refractivity contribution in [1.82, 2.24) is 25.0 Å². The minimum absolute atomic E-state index is 0.0706. The number of hydrogen-bond donors (Lipinski definition) is 3. The molecule has 2 aromatic carbocycles. The SMILES string of the molecule is Cc1nn(C)c(OC(N)=O)c1-c1cc(Nc2ccc3c(/C=C/c4ccccn4)n[nH]c3c2)ccc1F. The van der Waals surface area contributed by atoms with E-state index in [0.29, 0.717) is 16.9 Å². The number of aromatic nitrogens is 5. The zero-order chi connectivity index (χ0) is 25.2. The normalized spacial score (nSPS) is 11.3. The number of carbonyl (C=O) groups is 1. The predicted octanol–water partition coefficient (Wildman–Crippen LogP) is 5.18. The van der Waals surface area contributed by atoms with E-state index < -0.39 is 11.9 Å². The minimum Gasteiger partial charge on any atom is -0.391 e. The molecule has 0 bridgehead atoms. The number of nitrogens with two attached hydrogens (primary N) is 1. The molecule has 0 fully saturated rings. The summed E-state index contributed by atoms with van der Waals surface area (Å²) in [6.07, 6.45) is 4.54. The number of benzene rings is 2. The second-order valence-corrected chi connectivity index (χ2v) is 8.09. The monoisotopic (exact) mass is 483 g/mol. The summed E-state index contributed by atoms with van der Waals surface area (Å²) >= 11 is 0. The van der Waals surface area contributed by atoms with E-state index in [9.17, 15) is 9.18 Å². The fourth-order valence-corrected chi connectivity index (χ4v) is 4.01. The van der Waals surface area contributed by atoms with Crippen molar-refractivity contribution in [1.29, 1.82) is 0 Å². The van der Waals surface area contributed by atoms with Gasteiger partial charge in [-0.3, -0.25) is 10.1 Å². The Labute approximate surface area is 205 Å². The zero-order valence-corrected chi connectivity index (χ0v) is 19.5. The Balaban J connectivity index is 1.43. The molecule has 3 aromatic heterocycles. The first-order valence-electron chi connectivity index (χ1n) is 11.0. The summed E-state index contributed by atoms with van der Waals surface area (Å²) in [5.74, 6) is -0.416. The van der Waals surface area contributed by atoms with E-state index in [1.54, 1.807) is 32.3 Å². The van der Waals surface area contributed by atoms with Gasteiger partial charge in [0.05, 0.1) is 28.2 Å². The number of halogens is 1. The smallest absolute Gasteiger partial charge is 0.391 e. The number of carbonyl (C=O) groups excluding carboxylic acids is 1. The van der Waals surface area contributed by atoms with Gasteiger partial charge in [0.1, 0.15) is 5.82 Å². The summed E-state index contributed by atoms with van der Waals surface area (Å²) in [6, 6.07) is 16.1. The largest absolute Gasteiger partial charge is 0.411 e. The Morgan fingerprint density at radius 1 is 1.14 bits per heavy atom. The molecule has 9 nitrogen and oxygen atoms in total. The van der Waals surface area contributed by atoms with Crippen molar-refractivity contribution in [3.63, 3.8) is 0 Å². The number of amides is 1. The van der Waals surface area contributed by atoms with Gasteiger partial charge in [-0.1, -0.05) is 6.07 Å². The quantitative estimate of drug-likeness (QED) is 0.306. The number of aryl methyl sites for hydroxylation is 2. The van der Waals surface area contributed by atoms with Crippen molar-refractivity contribution in [2.24, 2.45) is 12.8 Å².